The highest BCUT2D eigenvalue weighted by atomic mass is 16.3. The molecular weight excluding hydrogens is 372 g/mol. The van der Waals surface area contributed by atoms with Crippen LogP contribution < -0.4 is 0 Å². The third-order valence-corrected chi connectivity index (χ3v) is 4.93. The fourth-order valence-corrected chi connectivity index (χ4v) is 2.88. The molecule has 1 rings (SSSR count). The molecule has 6 nitrogen and oxygen atoms in total. The molecule has 29 heavy (non-hydrogen) atoms. The normalized spacial score (nSPS) is 15.9. The van der Waals surface area contributed by atoms with E-state index < -0.39 is 30.5 Å². The van der Waals surface area contributed by atoms with Crippen molar-refractivity contribution in [2.24, 2.45) is 0 Å². The Labute approximate surface area is 173 Å². The molecule has 6 N–H and O–H groups in total. The van der Waals surface area contributed by atoms with Crippen molar-refractivity contribution >= 4 is 6.08 Å². The van der Waals surface area contributed by atoms with Crippen molar-refractivity contribution in [1.29, 1.82) is 0 Å². The predicted octanol–water partition coefficient (Wildman–Crippen LogP) is 2.43. The maximum Gasteiger partial charge on any atom is 0.121 e. The number of allylic oxidation sites excluding steroid dienone is 1. The molecule has 1 aromatic carbocycles. The second-order valence-corrected chi connectivity index (χ2v) is 7.93. The van der Waals surface area contributed by atoms with Gasteiger partial charge in [0.2, 0.25) is 0 Å². The van der Waals surface area contributed by atoms with Crippen molar-refractivity contribution in [3.8, 4) is 5.75 Å². The minimum Gasteiger partial charge on any atom is -0.508 e. The number of phenols is 1. The molecule has 0 saturated carbocycles. The first-order valence-electron chi connectivity index (χ1n) is 10.2. The Bertz CT molecular complexity index is 675. The number of unbranched alkanes of at least 4 members (excludes halogenated alkanes) is 3. The van der Waals surface area contributed by atoms with Crippen LogP contribution in [0.1, 0.15) is 63.1 Å². The smallest absolute Gasteiger partial charge is 0.121 e. The molecule has 0 aliphatic heterocycles. The van der Waals surface area contributed by atoms with Crippen molar-refractivity contribution < 1.29 is 30.6 Å². The summed E-state index contributed by atoms with van der Waals surface area (Å²) < 4.78 is 0. The van der Waals surface area contributed by atoms with Gasteiger partial charge in [-0.25, -0.2) is 0 Å². The molecule has 0 aromatic heterocycles. The molecule has 0 unspecified atom stereocenters. The third kappa shape index (κ3) is 8.28. The summed E-state index contributed by atoms with van der Waals surface area (Å²) in [4.78, 5) is 0. The van der Waals surface area contributed by atoms with Gasteiger partial charge in [-0.15, -0.1) is 0 Å². The summed E-state index contributed by atoms with van der Waals surface area (Å²) in [5, 5.41) is 60.2. The predicted molar refractivity (Wildman–Crippen MR) is 114 cm³/mol. The summed E-state index contributed by atoms with van der Waals surface area (Å²) in [5.74, 6) is -0.112. The molecule has 0 heterocycles. The van der Waals surface area contributed by atoms with Gasteiger partial charge in [0.1, 0.15) is 18.0 Å². The molecule has 0 amide bonds. The lowest BCUT2D eigenvalue weighted by Crippen LogP contribution is -2.37. The molecule has 0 aliphatic carbocycles. The summed E-state index contributed by atoms with van der Waals surface area (Å²) >= 11 is 0. The van der Waals surface area contributed by atoms with Gasteiger partial charge >= 0.3 is 0 Å². The fraction of sp³-hybridized carbons (Fsp3) is 0.565. The minimum atomic E-state index is -1.32. The Morgan fingerprint density at radius 3 is 2.28 bits per heavy atom. The first-order valence-corrected chi connectivity index (χ1v) is 10.2. The number of hydrogen-bond donors (Lipinski definition) is 6. The Morgan fingerprint density at radius 2 is 1.69 bits per heavy atom. The van der Waals surface area contributed by atoms with E-state index >= 15 is 0 Å². The van der Waals surface area contributed by atoms with Crippen LogP contribution in [0.25, 0.3) is 6.08 Å². The monoisotopic (exact) mass is 408 g/mol. The summed E-state index contributed by atoms with van der Waals surface area (Å²) in [5.41, 5.74) is -0.0433. The van der Waals surface area contributed by atoms with Crippen molar-refractivity contribution in [3.63, 3.8) is 0 Å². The van der Waals surface area contributed by atoms with Gasteiger partial charge in [-0.2, -0.15) is 0 Å². The molecule has 0 bridgehead atoms. The van der Waals surface area contributed by atoms with Gasteiger partial charge in [0.05, 0.1) is 18.3 Å². The molecule has 0 spiro atoms. The van der Waals surface area contributed by atoms with Crippen LogP contribution in [0.15, 0.2) is 30.4 Å². The molecule has 164 valence electrons. The number of hydrogen-bond acceptors (Lipinski definition) is 6. The first-order chi connectivity index (χ1) is 13.6. The van der Waals surface area contributed by atoms with Crippen LogP contribution in [0.3, 0.4) is 0 Å². The van der Waals surface area contributed by atoms with Crippen LogP contribution in [0.4, 0.5) is 0 Å². The van der Waals surface area contributed by atoms with Crippen LogP contribution in [0, 0.1) is 0 Å². The van der Waals surface area contributed by atoms with Gasteiger partial charge in [-0.3, -0.25) is 0 Å². The van der Waals surface area contributed by atoms with Gasteiger partial charge in [0, 0.05) is 12.0 Å². The maximum atomic E-state index is 10.2. The van der Waals surface area contributed by atoms with Crippen molar-refractivity contribution in [2.75, 3.05) is 0 Å². The number of aliphatic hydroxyl groups is 5. The van der Waals surface area contributed by atoms with E-state index in [1.54, 1.807) is 12.1 Å². The number of aromatic hydroxyl groups is 1. The highest BCUT2D eigenvalue weighted by molar-refractivity contribution is 5.62. The average Bonchev–Trinajstić information content (AvgIpc) is 2.66. The van der Waals surface area contributed by atoms with E-state index in [4.69, 9.17) is 0 Å². The van der Waals surface area contributed by atoms with Gasteiger partial charge in [-0.1, -0.05) is 50.1 Å². The Hall–Kier alpha value is -1.70. The molecule has 0 saturated heterocycles. The lowest BCUT2D eigenvalue weighted by atomic mass is 9.90. The van der Waals surface area contributed by atoms with Crippen LogP contribution in [0.5, 0.6) is 5.75 Å². The van der Waals surface area contributed by atoms with Gasteiger partial charge < -0.3 is 30.6 Å². The molecule has 1 aromatic rings. The zero-order chi connectivity index (χ0) is 22.0. The van der Waals surface area contributed by atoms with Crippen LogP contribution in [-0.2, 0) is 13.0 Å². The minimum absolute atomic E-state index is 0.0897. The van der Waals surface area contributed by atoms with Crippen molar-refractivity contribution in [3.05, 3.63) is 47.1 Å². The highest BCUT2D eigenvalue weighted by Gasteiger charge is 2.26. The van der Waals surface area contributed by atoms with Gasteiger partial charge in [0.25, 0.3) is 0 Å². The third-order valence-electron chi connectivity index (χ3n) is 4.93. The number of rotatable bonds is 12. The molecule has 0 fully saturated rings. The topological polar surface area (TPSA) is 121 Å². The highest BCUT2D eigenvalue weighted by Crippen LogP contribution is 2.28. The van der Waals surface area contributed by atoms with E-state index in [0.29, 0.717) is 11.1 Å². The summed E-state index contributed by atoms with van der Waals surface area (Å²) in [7, 11) is 0. The van der Waals surface area contributed by atoms with Crippen LogP contribution in [-0.4, -0.2) is 54.6 Å². The Morgan fingerprint density at radius 1 is 1.03 bits per heavy atom. The first kappa shape index (κ1) is 25.3. The average molecular weight is 409 g/mol. The lowest BCUT2D eigenvalue weighted by Gasteiger charge is -2.25. The van der Waals surface area contributed by atoms with E-state index in [-0.39, 0.29) is 17.7 Å². The van der Waals surface area contributed by atoms with Gasteiger partial charge in [-0.05, 0) is 43.9 Å². The van der Waals surface area contributed by atoms with Crippen molar-refractivity contribution in [2.45, 2.75) is 83.4 Å². The molecule has 6 heteroatoms. The second kappa shape index (κ2) is 12.1. The lowest BCUT2D eigenvalue weighted by molar-refractivity contribution is -0.0469. The fourth-order valence-electron chi connectivity index (χ4n) is 2.88. The van der Waals surface area contributed by atoms with E-state index in [2.05, 4.69) is 6.92 Å². The molecule has 3 atom stereocenters. The van der Waals surface area contributed by atoms with Crippen LogP contribution in [0.2, 0.25) is 0 Å². The number of benzene rings is 1. The van der Waals surface area contributed by atoms with E-state index in [9.17, 15) is 30.6 Å². The standard InChI is InChI=1S/C23H36O6/c1-4-5-6-7-8-9-20(26)21(27)13-11-17-16(14-22(28)23(2,3)29)10-12-19(25)18(17)15-24/h8-13,20-22,24-29H,4-7,14-15H2,1-3H3/b9-8+,13-11+/t20-,21-,22-/m0/s1. The van der Waals surface area contributed by atoms with E-state index in [1.165, 1.54) is 32.1 Å². The molecule has 0 radical (unpaired) electrons. The summed E-state index contributed by atoms with van der Waals surface area (Å²) in [6.45, 7) is 4.67. The van der Waals surface area contributed by atoms with Crippen molar-refractivity contribution in [1.82, 2.24) is 0 Å². The molecular formula is C23H36O6. The van der Waals surface area contributed by atoms with Gasteiger partial charge in [0.15, 0.2) is 0 Å². The SMILES string of the molecule is CCCCC/C=C/[C@H](O)[C@@H](O)/C=C/c1c(C[C@H](O)C(C)(C)O)ccc(O)c1CO. The van der Waals surface area contributed by atoms with E-state index in [0.717, 1.165) is 25.7 Å². The zero-order valence-electron chi connectivity index (χ0n) is 17.6. The maximum absolute atomic E-state index is 10.2. The number of aliphatic hydroxyl groups excluding tert-OH is 4. The summed E-state index contributed by atoms with van der Waals surface area (Å²) in [6, 6.07) is 3.01. The molecule has 0 aliphatic rings. The second-order valence-electron chi connectivity index (χ2n) is 7.93. The quantitative estimate of drug-likeness (QED) is 0.233. The van der Waals surface area contributed by atoms with Crippen LogP contribution >= 0.6 is 0 Å². The zero-order valence-corrected chi connectivity index (χ0v) is 17.6. The largest absolute Gasteiger partial charge is 0.508 e. The Kier molecular flexibility index (Phi) is 10.6. The van der Waals surface area contributed by atoms with E-state index in [1.807, 2.05) is 6.08 Å². The Balaban J connectivity index is 3.01. The summed E-state index contributed by atoms with van der Waals surface area (Å²) in [6.07, 6.45) is 7.17.